The predicted molar refractivity (Wildman–Crippen MR) is 27.1 cm³/mol. The maximum atomic E-state index is 5.50. The van der Waals surface area contributed by atoms with Crippen molar-refractivity contribution < 1.29 is 5.48 Å². The van der Waals surface area contributed by atoms with Crippen LogP contribution in [0.4, 0.5) is 0 Å². The lowest BCUT2D eigenvalue weighted by Gasteiger charge is -1.31. The summed E-state index contributed by atoms with van der Waals surface area (Å²) < 4.78 is 0. The zero-order valence-corrected chi connectivity index (χ0v) is 4.23. The van der Waals surface area contributed by atoms with Crippen molar-refractivity contribution in [1.82, 2.24) is 4.91 Å². The number of hydrogen-bond donors (Lipinski definition) is 2. The SMILES string of the molecule is C=CC.N=[N+]=N.O. The third-order valence-corrected chi connectivity index (χ3v) is 0. The fourth-order valence-electron chi connectivity index (χ4n) is 0. The molecule has 0 saturated heterocycles. The molecule has 7 heavy (non-hydrogen) atoms. The summed E-state index contributed by atoms with van der Waals surface area (Å²) in [6, 6.07) is 0. The van der Waals surface area contributed by atoms with Gasteiger partial charge < -0.3 is 5.48 Å². The molecule has 42 valence electrons. The predicted octanol–water partition coefficient (Wildman–Crippen LogP) is 0.483. The molecule has 0 saturated carbocycles. The maximum Gasteiger partial charge on any atom is 0.211 e. The third-order valence-electron chi connectivity index (χ3n) is 0. The second-order valence-electron chi connectivity index (χ2n) is 0.520. The molecule has 0 radical (unpaired) electrons. The van der Waals surface area contributed by atoms with E-state index >= 15 is 0 Å². The molecular weight excluding hydrogens is 94.1 g/mol. The van der Waals surface area contributed by atoms with Crippen molar-refractivity contribution in [2.75, 3.05) is 0 Å². The molecule has 0 aromatic carbocycles. The first-order valence-electron chi connectivity index (χ1n) is 1.43. The van der Waals surface area contributed by atoms with Gasteiger partial charge in [0.25, 0.3) is 0 Å². The average Bonchev–Trinajstić information content (AvgIpc) is 1.39. The first kappa shape index (κ1) is 16.7. The monoisotopic (exact) mass is 104 g/mol. The van der Waals surface area contributed by atoms with Crippen LogP contribution in [0.5, 0.6) is 0 Å². The lowest BCUT2D eigenvalue weighted by Crippen LogP contribution is -1.24. The van der Waals surface area contributed by atoms with Crippen LogP contribution in [0.25, 0.3) is 0 Å². The fourth-order valence-corrected chi connectivity index (χ4v) is 0. The molecule has 0 aromatic rings. The molecule has 4 N–H and O–H groups in total. The Labute approximate surface area is 42.2 Å². The van der Waals surface area contributed by atoms with Crippen molar-refractivity contribution in [3.63, 3.8) is 0 Å². The Balaban J connectivity index is -0.0000000400. The molecule has 0 aromatic heterocycles. The number of nitrogens with one attached hydrogen (secondary N) is 2. The lowest BCUT2D eigenvalue weighted by molar-refractivity contribution is 0.824. The molecule has 0 aliphatic heterocycles. The Hall–Kier alpha value is -0.990. The van der Waals surface area contributed by atoms with Crippen molar-refractivity contribution in [2.45, 2.75) is 6.92 Å². The van der Waals surface area contributed by atoms with Crippen molar-refractivity contribution in [3.05, 3.63) is 12.7 Å². The van der Waals surface area contributed by atoms with Gasteiger partial charge in [-0.05, 0) is 6.92 Å². The van der Waals surface area contributed by atoms with E-state index in [9.17, 15) is 0 Å². The minimum atomic E-state index is 0. The molecule has 0 spiro atoms. The van der Waals surface area contributed by atoms with E-state index in [1.165, 1.54) is 0 Å². The quantitative estimate of drug-likeness (QED) is 0.254. The van der Waals surface area contributed by atoms with Crippen LogP contribution in [0.15, 0.2) is 12.7 Å². The highest BCUT2D eigenvalue weighted by Crippen LogP contribution is 1.38. The van der Waals surface area contributed by atoms with E-state index in [4.69, 9.17) is 11.1 Å². The van der Waals surface area contributed by atoms with Crippen LogP contribution in [0, 0.1) is 11.1 Å². The Bertz CT molecular complexity index is 55.2. The first-order chi connectivity index (χ1) is 2.83. The minimum Gasteiger partial charge on any atom is -0.412 e. The van der Waals surface area contributed by atoms with Gasteiger partial charge in [-0.3, -0.25) is 0 Å². The van der Waals surface area contributed by atoms with E-state index in [2.05, 4.69) is 6.58 Å². The summed E-state index contributed by atoms with van der Waals surface area (Å²) in [6.07, 6.45) is 1.75. The Morgan fingerprint density at radius 3 is 1.57 bits per heavy atom. The van der Waals surface area contributed by atoms with E-state index in [0.717, 1.165) is 0 Å². The fraction of sp³-hybridized carbons (Fsp3) is 0.333. The van der Waals surface area contributed by atoms with E-state index in [1.807, 2.05) is 11.8 Å². The number of nitrogens with zero attached hydrogens (tertiary/aromatic N) is 1. The van der Waals surface area contributed by atoms with Gasteiger partial charge in [0.2, 0.25) is 4.91 Å². The summed E-state index contributed by atoms with van der Waals surface area (Å²) in [5.74, 6) is 0. The van der Waals surface area contributed by atoms with E-state index in [1.54, 1.807) is 6.08 Å². The van der Waals surface area contributed by atoms with Gasteiger partial charge in [-0.1, -0.05) is 6.08 Å². The summed E-state index contributed by atoms with van der Waals surface area (Å²) in [7, 11) is 0. The van der Waals surface area contributed by atoms with E-state index < -0.39 is 0 Å². The van der Waals surface area contributed by atoms with Crippen LogP contribution in [-0.4, -0.2) is 5.48 Å². The van der Waals surface area contributed by atoms with Gasteiger partial charge in [-0.25, -0.2) is 0 Å². The summed E-state index contributed by atoms with van der Waals surface area (Å²) in [5.41, 5.74) is 11.0. The van der Waals surface area contributed by atoms with Crippen molar-refractivity contribution in [1.29, 1.82) is 11.1 Å². The summed E-state index contributed by atoms with van der Waals surface area (Å²) in [5, 5.41) is 0. The molecular formula is C3H10N3O+. The molecule has 4 nitrogen and oxygen atoms in total. The number of allylic oxidation sites excluding steroid dienone is 1. The highest BCUT2D eigenvalue weighted by atomic mass is 16.0. The van der Waals surface area contributed by atoms with Gasteiger partial charge in [0, 0.05) is 0 Å². The second kappa shape index (κ2) is 79.0. The van der Waals surface area contributed by atoms with Crippen LogP contribution >= 0.6 is 0 Å². The summed E-state index contributed by atoms with van der Waals surface area (Å²) in [4.78, 5) is 2.00. The van der Waals surface area contributed by atoms with E-state index in [0.29, 0.717) is 0 Å². The highest BCUT2D eigenvalue weighted by molar-refractivity contribution is 4.51. The molecule has 0 atom stereocenters. The van der Waals surface area contributed by atoms with Gasteiger partial charge in [0.05, 0.1) is 0 Å². The lowest BCUT2D eigenvalue weighted by atomic mass is 10.8. The van der Waals surface area contributed by atoms with Crippen molar-refractivity contribution in [2.24, 2.45) is 0 Å². The van der Waals surface area contributed by atoms with Crippen molar-refractivity contribution >= 4 is 0 Å². The van der Waals surface area contributed by atoms with E-state index in [-0.39, 0.29) is 5.48 Å². The minimum absolute atomic E-state index is 0. The zero-order valence-electron chi connectivity index (χ0n) is 4.23. The van der Waals surface area contributed by atoms with Gasteiger partial charge >= 0.3 is 0 Å². The van der Waals surface area contributed by atoms with Crippen molar-refractivity contribution in [3.8, 4) is 0 Å². The molecule has 0 bridgehead atoms. The van der Waals surface area contributed by atoms with Gasteiger partial charge in [-0.15, -0.1) is 6.58 Å². The average molecular weight is 104 g/mol. The maximum absolute atomic E-state index is 5.50. The van der Waals surface area contributed by atoms with Crippen LogP contribution in [-0.2, 0) is 0 Å². The van der Waals surface area contributed by atoms with Gasteiger partial charge in [-0.2, -0.15) is 0 Å². The molecule has 0 unspecified atom stereocenters. The second-order valence-corrected chi connectivity index (χ2v) is 0.520. The molecule has 0 amide bonds. The first-order valence-corrected chi connectivity index (χ1v) is 1.43. The van der Waals surface area contributed by atoms with Gasteiger partial charge in [0.15, 0.2) is 0 Å². The third kappa shape index (κ3) is 46.3. The Kier molecular flexibility index (Phi) is 188. The molecule has 0 fully saturated rings. The van der Waals surface area contributed by atoms with Gasteiger partial charge in [0.1, 0.15) is 11.1 Å². The molecule has 0 heterocycles. The van der Waals surface area contributed by atoms with Crippen LogP contribution in [0.1, 0.15) is 6.92 Å². The smallest absolute Gasteiger partial charge is 0.211 e. The molecule has 0 rings (SSSR count). The molecule has 0 aliphatic rings. The highest BCUT2D eigenvalue weighted by Gasteiger charge is 1.16. The zero-order chi connectivity index (χ0) is 5.41. The number of rotatable bonds is 0. The standard InChI is InChI=1S/C3H6.H2N3.H2O/c2*1-3-2;/h3H,1H2,2H3;1-2H;1H2/q;+1;. The van der Waals surface area contributed by atoms with Crippen LogP contribution < -0.4 is 4.91 Å². The Morgan fingerprint density at radius 2 is 1.57 bits per heavy atom. The molecule has 0 aliphatic carbocycles. The largest absolute Gasteiger partial charge is 0.412 e. The Morgan fingerprint density at radius 1 is 1.57 bits per heavy atom. The summed E-state index contributed by atoms with van der Waals surface area (Å²) >= 11 is 0. The van der Waals surface area contributed by atoms with Crippen LogP contribution in [0.2, 0.25) is 0 Å². The number of hydrogen-bond acceptors (Lipinski definition) is 2. The summed E-state index contributed by atoms with van der Waals surface area (Å²) in [6.45, 7) is 5.25. The molecule has 4 heteroatoms. The topological polar surface area (TPSA) is 93.3 Å². The normalized spacial score (nSPS) is 3.00. The van der Waals surface area contributed by atoms with Crippen LogP contribution in [0.3, 0.4) is 0 Å².